The maximum absolute atomic E-state index is 11.6. The molecule has 0 N–H and O–H groups in total. The van der Waals surface area contributed by atoms with E-state index in [1.54, 1.807) is 6.07 Å². The maximum Gasteiger partial charge on any atom is 0.513 e. The zero-order valence-corrected chi connectivity index (χ0v) is 15.7. The predicted molar refractivity (Wildman–Crippen MR) is 101 cm³/mol. The molecule has 1 fully saturated rings. The molecule has 0 aromatic heterocycles. The molecule has 0 spiro atoms. The van der Waals surface area contributed by atoms with Gasteiger partial charge in [0.05, 0.1) is 7.11 Å². The van der Waals surface area contributed by atoms with Gasteiger partial charge in [0.2, 0.25) is 0 Å². The Kier molecular flexibility index (Phi) is 5.82. The van der Waals surface area contributed by atoms with Crippen molar-refractivity contribution >= 4 is 6.16 Å². The summed E-state index contributed by atoms with van der Waals surface area (Å²) in [4.78, 5) is 11.6. The van der Waals surface area contributed by atoms with Crippen molar-refractivity contribution in [3.8, 4) is 11.5 Å². The number of carbonyl (C=O) groups is 1. The van der Waals surface area contributed by atoms with E-state index in [9.17, 15) is 4.79 Å². The Morgan fingerprint density at radius 1 is 1.08 bits per heavy atom. The minimum absolute atomic E-state index is 0.372. The van der Waals surface area contributed by atoms with Crippen LogP contribution in [0.1, 0.15) is 54.9 Å². The highest BCUT2D eigenvalue weighted by Crippen LogP contribution is 2.44. The fraction of sp³-hybridized carbons (Fsp3) is 0.409. The molecule has 2 aromatic carbocycles. The second-order valence-electron chi connectivity index (χ2n) is 6.59. The third-order valence-corrected chi connectivity index (χ3v) is 4.83. The molecule has 1 aliphatic carbocycles. The van der Waals surface area contributed by atoms with E-state index in [1.807, 2.05) is 12.1 Å². The lowest BCUT2D eigenvalue weighted by atomic mass is 10.0. The van der Waals surface area contributed by atoms with Crippen LogP contribution in [0.15, 0.2) is 36.4 Å². The molecule has 0 saturated heterocycles. The van der Waals surface area contributed by atoms with Crippen molar-refractivity contribution in [3.05, 3.63) is 58.7 Å². The van der Waals surface area contributed by atoms with E-state index in [4.69, 9.17) is 9.47 Å². The maximum atomic E-state index is 11.6. The number of carbonyl (C=O) groups excluding carboxylic acids is 1. The number of hydrogen-bond acceptors (Lipinski definition) is 4. The van der Waals surface area contributed by atoms with Crippen LogP contribution in [0.2, 0.25) is 0 Å². The lowest BCUT2D eigenvalue weighted by Gasteiger charge is -2.17. The molecule has 1 aliphatic rings. The van der Waals surface area contributed by atoms with Crippen LogP contribution >= 0.6 is 0 Å². The molecule has 4 nitrogen and oxygen atoms in total. The van der Waals surface area contributed by atoms with Gasteiger partial charge in [0.1, 0.15) is 18.1 Å². The summed E-state index contributed by atoms with van der Waals surface area (Å²) in [6.07, 6.45) is 3.55. The van der Waals surface area contributed by atoms with Gasteiger partial charge >= 0.3 is 6.16 Å². The SMILES string of the molecule is CCc1ccc(OCc2c(OC(=O)OC)cccc2C2CC2)c(CC)c1. The molecule has 2 aromatic rings. The monoisotopic (exact) mass is 354 g/mol. The quantitative estimate of drug-likeness (QED) is 0.492. The summed E-state index contributed by atoms with van der Waals surface area (Å²) in [5.41, 5.74) is 4.64. The topological polar surface area (TPSA) is 44.8 Å². The largest absolute Gasteiger partial charge is 0.513 e. The van der Waals surface area contributed by atoms with E-state index in [0.29, 0.717) is 18.3 Å². The summed E-state index contributed by atoms with van der Waals surface area (Å²) in [5.74, 6) is 1.94. The van der Waals surface area contributed by atoms with Crippen LogP contribution in [-0.2, 0) is 24.2 Å². The number of ether oxygens (including phenoxy) is 3. The average molecular weight is 354 g/mol. The van der Waals surface area contributed by atoms with Gasteiger partial charge < -0.3 is 14.2 Å². The number of methoxy groups -OCH3 is 1. The summed E-state index contributed by atoms with van der Waals surface area (Å²) in [5, 5.41) is 0. The van der Waals surface area contributed by atoms with E-state index in [0.717, 1.165) is 24.2 Å². The van der Waals surface area contributed by atoms with Crippen LogP contribution in [0, 0.1) is 0 Å². The van der Waals surface area contributed by atoms with Gasteiger partial charge in [-0.3, -0.25) is 0 Å². The van der Waals surface area contributed by atoms with Gasteiger partial charge in [-0.25, -0.2) is 4.79 Å². The minimum Gasteiger partial charge on any atom is -0.488 e. The predicted octanol–water partition coefficient (Wildman–Crippen LogP) is 5.41. The van der Waals surface area contributed by atoms with E-state index >= 15 is 0 Å². The Bertz CT molecular complexity index is 778. The molecular formula is C22H26O4. The molecular weight excluding hydrogens is 328 g/mol. The van der Waals surface area contributed by atoms with Gasteiger partial charge in [-0.05, 0) is 60.4 Å². The Morgan fingerprint density at radius 2 is 1.88 bits per heavy atom. The van der Waals surface area contributed by atoms with E-state index in [-0.39, 0.29) is 0 Å². The molecule has 0 heterocycles. The molecule has 1 saturated carbocycles. The first-order valence-corrected chi connectivity index (χ1v) is 9.28. The van der Waals surface area contributed by atoms with E-state index in [2.05, 4.69) is 36.8 Å². The van der Waals surface area contributed by atoms with Crippen molar-refractivity contribution in [3.63, 3.8) is 0 Å². The van der Waals surface area contributed by atoms with Gasteiger partial charge in [-0.1, -0.05) is 38.1 Å². The third-order valence-electron chi connectivity index (χ3n) is 4.83. The zero-order valence-electron chi connectivity index (χ0n) is 15.7. The first-order valence-electron chi connectivity index (χ1n) is 9.28. The summed E-state index contributed by atoms with van der Waals surface area (Å²) < 4.78 is 16.2. The van der Waals surface area contributed by atoms with Crippen LogP contribution in [0.5, 0.6) is 11.5 Å². The van der Waals surface area contributed by atoms with Crippen molar-refractivity contribution in [2.75, 3.05) is 7.11 Å². The van der Waals surface area contributed by atoms with Gasteiger partial charge in [-0.15, -0.1) is 0 Å². The minimum atomic E-state index is -0.708. The molecule has 0 unspecified atom stereocenters. The summed E-state index contributed by atoms with van der Waals surface area (Å²) >= 11 is 0. The van der Waals surface area contributed by atoms with Crippen LogP contribution < -0.4 is 9.47 Å². The molecule has 0 radical (unpaired) electrons. The lowest BCUT2D eigenvalue weighted by Crippen LogP contribution is -2.11. The van der Waals surface area contributed by atoms with E-state index in [1.165, 1.54) is 36.6 Å². The van der Waals surface area contributed by atoms with Gasteiger partial charge in [0.15, 0.2) is 0 Å². The van der Waals surface area contributed by atoms with Crippen LogP contribution in [0.3, 0.4) is 0 Å². The lowest BCUT2D eigenvalue weighted by molar-refractivity contribution is 0.120. The van der Waals surface area contributed by atoms with Crippen LogP contribution in [0.4, 0.5) is 4.79 Å². The Balaban J connectivity index is 1.85. The van der Waals surface area contributed by atoms with Crippen molar-refractivity contribution in [1.29, 1.82) is 0 Å². The van der Waals surface area contributed by atoms with Crippen molar-refractivity contribution in [2.45, 2.75) is 52.1 Å². The standard InChI is InChI=1S/C22H26O4/c1-4-15-9-12-20(16(5-2)13-15)25-14-19-18(17-10-11-17)7-6-8-21(19)26-22(23)24-3/h6-9,12-13,17H,4-5,10-11,14H2,1-3H3. The van der Waals surface area contributed by atoms with Crippen molar-refractivity contribution < 1.29 is 19.0 Å². The first kappa shape index (κ1) is 18.3. The first-order chi connectivity index (χ1) is 12.7. The fourth-order valence-corrected chi connectivity index (χ4v) is 3.16. The van der Waals surface area contributed by atoms with Crippen LogP contribution in [0.25, 0.3) is 0 Å². The van der Waals surface area contributed by atoms with Gasteiger partial charge in [0, 0.05) is 5.56 Å². The average Bonchev–Trinajstić information content (AvgIpc) is 3.51. The highest BCUT2D eigenvalue weighted by atomic mass is 16.7. The third kappa shape index (κ3) is 4.18. The molecule has 0 amide bonds. The normalized spacial score (nSPS) is 13.3. The Hall–Kier alpha value is -2.49. The van der Waals surface area contributed by atoms with Crippen LogP contribution in [-0.4, -0.2) is 13.3 Å². The molecule has 4 heteroatoms. The number of benzene rings is 2. The molecule has 0 bridgehead atoms. The summed E-state index contributed by atoms with van der Waals surface area (Å²) in [7, 11) is 1.31. The second-order valence-corrected chi connectivity index (χ2v) is 6.59. The second kappa shape index (κ2) is 8.26. The van der Waals surface area contributed by atoms with Crippen molar-refractivity contribution in [2.24, 2.45) is 0 Å². The Labute approximate surface area is 155 Å². The number of aryl methyl sites for hydroxylation is 2. The summed E-state index contributed by atoms with van der Waals surface area (Å²) in [6.45, 7) is 4.65. The highest BCUT2D eigenvalue weighted by molar-refractivity contribution is 5.65. The number of rotatable bonds is 7. The zero-order chi connectivity index (χ0) is 18.5. The fourth-order valence-electron chi connectivity index (χ4n) is 3.16. The smallest absolute Gasteiger partial charge is 0.488 e. The number of hydrogen-bond donors (Lipinski definition) is 0. The molecule has 0 atom stereocenters. The van der Waals surface area contributed by atoms with E-state index < -0.39 is 6.16 Å². The highest BCUT2D eigenvalue weighted by Gasteiger charge is 2.28. The van der Waals surface area contributed by atoms with Gasteiger partial charge in [0.25, 0.3) is 0 Å². The molecule has 26 heavy (non-hydrogen) atoms. The summed E-state index contributed by atoms with van der Waals surface area (Å²) in [6, 6.07) is 12.2. The van der Waals surface area contributed by atoms with Crippen molar-refractivity contribution in [1.82, 2.24) is 0 Å². The Morgan fingerprint density at radius 3 is 2.54 bits per heavy atom. The molecule has 3 rings (SSSR count). The van der Waals surface area contributed by atoms with Gasteiger partial charge in [-0.2, -0.15) is 0 Å². The molecule has 0 aliphatic heterocycles. The molecule has 138 valence electrons.